The van der Waals surface area contributed by atoms with Crippen molar-refractivity contribution >= 4 is 47.3 Å². The predicted molar refractivity (Wildman–Crippen MR) is 125 cm³/mol. The Morgan fingerprint density at radius 1 is 1.09 bits per heavy atom. The topological polar surface area (TPSA) is 90.3 Å². The zero-order valence-electron chi connectivity index (χ0n) is 17.0. The molecule has 0 fully saturated rings. The molecule has 2 aromatic heterocycles. The van der Waals surface area contributed by atoms with Crippen LogP contribution in [0, 0.1) is 0 Å². The number of alkyl halides is 3. The maximum atomic E-state index is 13.1. The van der Waals surface area contributed by atoms with Crippen LogP contribution in [0.15, 0.2) is 69.8 Å². The maximum Gasteiger partial charge on any atom is 0.416 e. The third-order valence-electron chi connectivity index (χ3n) is 4.58. The van der Waals surface area contributed by atoms with E-state index in [1.165, 1.54) is 48.2 Å². The van der Waals surface area contributed by atoms with Gasteiger partial charge < -0.3 is 4.74 Å². The summed E-state index contributed by atoms with van der Waals surface area (Å²) in [7, 11) is -2.74. The molecule has 0 spiro atoms. The summed E-state index contributed by atoms with van der Waals surface area (Å²) >= 11 is 1.12. The van der Waals surface area contributed by atoms with Gasteiger partial charge in [-0.1, -0.05) is 0 Å². The third kappa shape index (κ3) is 4.87. The molecule has 2 heterocycles. The number of thiazole rings is 1. The number of hydrogen-bond donors (Lipinski definition) is 1. The zero-order chi connectivity index (χ0) is 23.1. The number of halogens is 3. The molecule has 2 aromatic carbocycles. The van der Waals surface area contributed by atoms with E-state index in [-0.39, 0.29) is 31.4 Å². The average Bonchev–Trinajstić information content (AvgIpc) is 3.24. The number of benzene rings is 2. The summed E-state index contributed by atoms with van der Waals surface area (Å²) in [5.74, 6) is -0.156. The van der Waals surface area contributed by atoms with Crippen LogP contribution >= 0.6 is 21.2 Å². The first-order chi connectivity index (χ1) is 15.1. The molecule has 0 saturated carbocycles. The lowest BCUT2D eigenvalue weighted by molar-refractivity contribution is -0.137. The van der Waals surface area contributed by atoms with Gasteiger partial charge in [0.15, 0.2) is 5.13 Å². The number of aromatic nitrogens is 2. The third-order valence-corrected chi connectivity index (χ3v) is 6.73. The second kappa shape index (κ2) is 9.12. The number of rotatable bonds is 5. The Balaban J connectivity index is 0.00000306. The van der Waals surface area contributed by atoms with E-state index in [1.807, 2.05) is 0 Å². The molecule has 1 N–H and O–H groups in total. The van der Waals surface area contributed by atoms with Crippen LogP contribution in [0.3, 0.4) is 0 Å². The molecule has 0 radical (unpaired) electrons. The summed E-state index contributed by atoms with van der Waals surface area (Å²) in [5, 5.41) is 2.20. The van der Waals surface area contributed by atoms with Crippen LogP contribution in [-0.4, -0.2) is 25.1 Å². The molecule has 0 amide bonds. The monoisotopic (exact) mass is 515 g/mol. The molecule has 4 aromatic rings. The van der Waals surface area contributed by atoms with Crippen molar-refractivity contribution in [3.63, 3.8) is 0 Å². The van der Waals surface area contributed by atoms with Crippen LogP contribution in [0.25, 0.3) is 16.6 Å². The van der Waals surface area contributed by atoms with Crippen LogP contribution < -0.4 is 15.0 Å². The highest BCUT2D eigenvalue weighted by atomic mass is 32.2. The Labute approximate surface area is 193 Å². The zero-order valence-corrected chi connectivity index (χ0v) is 20.0. The minimum Gasteiger partial charge on any atom is -0.495 e. The highest BCUT2D eigenvalue weighted by molar-refractivity contribution is 7.93. The molecule has 174 valence electrons. The van der Waals surface area contributed by atoms with Crippen molar-refractivity contribution in [2.75, 3.05) is 11.8 Å². The van der Waals surface area contributed by atoms with Crippen LogP contribution in [0.1, 0.15) is 5.56 Å². The van der Waals surface area contributed by atoms with Crippen molar-refractivity contribution in [3.8, 4) is 11.4 Å². The molecule has 7 nitrogen and oxygen atoms in total. The Bertz CT molecular complexity index is 1470. The van der Waals surface area contributed by atoms with Gasteiger partial charge in [0.05, 0.1) is 28.8 Å². The molecule has 0 bridgehead atoms. The number of nitrogens with zero attached hydrogens (tertiary/aromatic N) is 2. The van der Waals surface area contributed by atoms with Crippen molar-refractivity contribution in [1.82, 2.24) is 9.55 Å². The van der Waals surface area contributed by atoms with E-state index in [1.54, 1.807) is 5.38 Å². The number of ether oxygens (including phenoxy) is 1. The minimum absolute atomic E-state index is 0. The van der Waals surface area contributed by atoms with Crippen LogP contribution in [0.4, 0.5) is 18.3 Å². The molecule has 1 unspecified atom stereocenters. The van der Waals surface area contributed by atoms with E-state index < -0.39 is 27.3 Å². The summed E-state index contributed by atoms with van der Waals surface area (Å²) in [6.45, 7) is 0. The molecule has 0 aliphatic carbocycles. The lowest BCUT2D eigenvalue weighted by Gasteiger charge is -2.16. The fourth-order valence-corrected chi connectivity index (χ4v) is 4.95. The van der Waals surface area contributed by atoms with Crippen molar-refractivity contribution in [3.05, 3.63) is 76.0 Å². The SMILES string of the molecule is COc1cc(C(F)(F)F)ccc1-n1c(=O)ccc2cc(S(=O)(=O)Nc3nccs3)ccc21.P. The number of hydrogen-bond acceptors (Lipinski definition) is 6. The maximum absolute atomic E-state index is 13.1. The Hall–Kier alpha value is -2.95. The van der Waals surface area contributed by atoms with Gasteiger partial charge in [0, 0.05) is 23.0 Å². The predicted octanol–water partition coefficient (Wildman–Crippen LogP) is 4.33. The van der Waals surface area contributed by atoms with Gasteiger partial charge in [0.25, 0.3) is 15.6 Å². The minimum atomic E-state index is -4.58. The van der Waals surface area contributed by atoms with Gasteiger partial charge in [-0.25, -0.2) is 13.4 Å². The number of pyridine rings is 1. The van der Waals surface area contributed by atoms with Gasteiger partial charge >= 0.3 is 6.18 Å². The van der Waals surface area contributed by atoms with Crippen LogP contribution in [0.2, 0.25) is 0 Å². The van der Waals surface area contributed by atoms with Crippen molar-refractivity contribution in [2.24, 2.45) is 0 Å². The van der Waals surface area contributed by atoms with Gasteiger partial charge in [0.2, 0.25) is 0 Å². The van der Waals surface area contributed by atoms with Crippen molar-refractivity contribution < 1.29 is 26.3 Å². The lowest BCUT2D eigenvalue weighted by Crippen LogP contribution is -2.19. The number of sulfonamides is 1. The van der Waals surface area contributed by atoms with Gasteiger partial charge in [0.1, 0.15) is 5.75 Å². The van der Waals surface area contributed by atoms with Gasteiger partial charge in [-0.2, -0.15) is 23.1 Å². The lowest BCUT2D eigenvalue weighted by atomic mass is 10.1. The largest absolute Gasteiger partial charge is 0.495 e. The van der Waals surface area contributed by atoms with E-state index >= 15 is 0 Å². The molecule has 1 atom stereocenters. The Morgan fingerprint density at radius 3 is 2.48 bits per heavy atom. The Morgan fingerprint density at radius 2 is 1.85 bits per heavy atom. The molecule has 0 saturated heterocycles. The van der Waals surface area contributed by atoms with Crippen molar-refractivity contribution in [2.45, 2.75) is 11.1 Å². The fourth-order valence-electron chi connectivity index (χ4n) is 3.13. The molecular formula is C20H17F3N3O4PS2. The van der Waals surface area contributed by atoms with Crippen LogP contribution in [-0.2, 0) is 16.2 Å². The summed E-state index contributed by atoms with van der Waals surface area (Å²) < 4.78 is 73.2. The molecule has 13 heteroatoms. The molecular weight excluding hydrogens is 498 g/mol. The van der Waals surface area contributed by atoms with Crippen LogP contribution in [0.5, 0.6) is 5.75 Å². The van der Waals surface area contributed by atoms with E-state index in [0.717, 1.165) is 29.5 Å². The van der Waals surface area contributed by atoms with Gasteiger partial charge in [-0.3, -0.25) is 14.1 Å². The number of nitrogens with one attached hydrogen (secondary N) is 1. The highest BCUT2D eigenvalue weighted by Gasteiger charge is 2.31. The molecule has 33 heavy (non-hydrogen) atoms. The quantitative estimate of drug-likeness (QED) is 0.400. The normalized spacial score (nSPS) is 11.8. The Kier molecular flexibility index (Phi) is 6.83. The fraction of sp³-hybridized carbons (Fsp3) is 0.100. The second-order valence-corrected chi connectivity index (χ2v) is 9.13. The van der Waals surface area contributed by atoms with E-state index in [4.69, 9.17) is 4.74 Å². The highest BCUT2D eigenvalue weighted by Crippen LogP contribution is 2.35. The second-order valence-electron chi connectivity index (χ2n) is 6.55. The van der Waals surface area contributed by atoms with Gasteiger partial charge in [-0.05, 0) is 42.5 Å². The number of anilines is 1. The van der Waals surface area contributed by atoms with E-state index in [0.29, 0.717) is 10.9 Å². The summed E-state index contributed by atoms with van der Waals surface area (Å²) in [6, 6.07) is 9.48. The smallest absolute Gasteiger partial charge is 0.416 e. The van der Waals surface area contributed by atoms with Gasteiger partial charge in [-0.15, -0.1) is 11.3 Å². The first-order valence-electron chi connectivity index (χ1n) is 8.94. The average molecular weight is 515 g/mol. The molecule has 0 aliphatic heterocycles. The number of fused-ring (bicyclic) bond motifs is 1. The first kappa shape index (κ1) is 24.7. The first-order valence-corrected chi connectivity index (χ1v) is 11.3. The molecule has 4 rings (SSSR count). The number of methoxy groups -OCH3 is 1. The van der Waals surface area contributed by atoms with Crippen molar-refractivity contribution in [1.29, 1.82) is 0 Å². The summed E-state index contributed by atoms with van der Waals surface area (Å²) in [6.07, 6.45) is -3.12. The van der Waals surface area contributed by atoms with E-state index in [9.17, 15) is 26.4 Å². The molecule has 0 aliphatic rings. The van der Waals surface area contributed by atoms with E-state index in [2.05, 4.69) is 9.71 Å². The standard InChI is InChI=1S/C20H14F3N3O4S2.H3P/c1-30-17-11-13(20(21,22)23)3-5-16(17)26-15-6-4-14(10-12(15)2-7-18(26)27)32(28,29)25-19-24-8-9-31-19;/h2-11H,1H3,(H,24,25);1H3. The summed E-state index contributed by atoms with van der Waals surface area (Å²) in [4.78, 5) is 16.4. The summed E-state index contributed by atoms with van der Waals surface area (Å²) in [5.41, 5.74) is -1.06.